The van der Waals surface area contributed by atoms with Crippen LogP contribution in [0.2, 0.25) is 6.04 Å². The van der Waals surface area contributed by atoms with Gasteiger partial charge in [-0.3, -0.25) is 4.57 Å². The van der Waals surface area contributed by atoms with Gasteiger partial charge < -0.3 is 13.6 Å². The number of cyclic esters (lactones) is 2. The SMILES string of the molecule is C=CCN1CCC[Si]1(OC)OC.O=C1OC(=O)c2ccccc21. The lowest BCUT2D eigenvalue weighted by atomic mass is 10.1. The van der Waals surface area contributed by atoms with E-state index in [9.17, 15) is 9.59 Å². The van der Waals surface area contributed by atoms with Gasteiger partial charge in [-0.15, -0.1) is 6.58 Å². The largest absolute Gasteiger partial charge is 0.427 e. The van der Waals surface area contributed by atoms with E-state index in [-0.39, 0.29) is 0 Å². The van der Waals surface area contributed by atoms with Gasteiger partial charge in [0.25, 0.3) is 0 Å². The van der Waals surface area contributed by atoms with Crippen LogP contribution in [0, 0.1) is 0 Å². The van der Waals surface area contributed by atoms with E-state index >= 15 is 0 Å². The lowest BCUT2D eigenvalue weighted by Gasteiger charge is -2.30. The average Bonchev–Trinajstić information content (AvgIpc) is 3.11. The van der Waals surface area contributed by atoms with Crippen molar-refractivity contribution in [3.05, 3.63) is 48.0 Å². The van der Waals surface area contributed by atoms with Crippen molar-refractivity contribution < 1.29 is 23.2 Å². The fraction of sp³-hybridized carbons (Fsp3) is 0.375. The Bertz CT molecular complexity index is 567. The molecule has 0 radical (unpaired) electrons. The van der Waals surface area contributed by atoms with Gasteiger partial charge in [0.05, 0.1) is 11.1 Å². The molecular weight excluding hydrogens is 314 g/mol. The van der Waals surface area contributed by atoms with Gasteiger partial charge in [-0.25, -0.2) is 9.59 Å². The molecule has 0 bridgehead atoms. The van der Waals surface area contributed by atoms with E-state index in [2.05, 4.69) is 15.9 Å². The van der Waals surface area contributed by atoms with Crippen molar-refractivity contribution in [2.24, 2.45) is 0 Å². The number of ether oxygens (including phenoxy) is 1. The topological polar surface area (TPSA) is 65.1 Å². The van der Waals surface area contributed by atoms with E-state index < -0.39 is 20.7 Å². The van der Waals surface area contributed by atoms with Gasteiger partial charge in [0.15, 0.2) is 0 Å². The molecule has 0 N–H and O–H groups in total. The molecule has 23 heavy (non-hydrogen) atoms. The van der Waals surface area contributed by atoms with Gasteiger partial charge in [-0.2, -0.15) is 0 Å². The summed E-state index contributed by atoms with van der Waals surface area (Å²) in [7, 11) is 1.53. The number of carbonyl (C=O) groups is 2. The molecular formula is C16H21NO5Si. The normalized spacial score (nSPS) is 18.9. The molecule has 2 aliphatic heterocycles. The van der Waals surface area contributed by atoms with Crippen molar-refractivity contribution in [3.8, 4) is 0 Å². The maximum Gasteiger partial charge on any atom is 0.427 e. The highest BCUT2D eigenvalue weighted by Gasteiger charge is 2.46. The van der Waals surface area contributed by atoms with E-state index in [0.29, 0.717) is 11.1 Å². The van der Waals surface area contributed by atoms with Crippen LogP contribution in [0.25, 0.3) is 0 Å². The minimum absolute atomic E-state index is 0.359. The van der Waals surface area contributed by atoms with Crippen LogP contribution in [0.15, 0.2) is 36.9 Å². The molecule has 0 aromatic heterocycles. The van der Waals surface area contributed by atoms with E-state index in [0.717, 1.165) is 19.1 Å². The predicted molar refractivity (Wildman–Crippen MR) is 87.2 cm³/mol. The number of carbonyl (C=O) groups excluding carboxylic acids is 2. The summed E-state index contributed by atoms with van der Waals surface area (Å²) in [5.41, 5.74) is 0.718. The number of hydrogen-bond donors (Lipinski definition) is 0. The smallest absolute Gasteiger partial charge is 0.386 e. The van der Waals surface area contributed by atoms with E-state index in [1.165, 1.54) is 6.42 Å². The molecule has 1 saturated heterocycles. The number of benzene rings is 1. The van der Waals surface area contributed by atoms with Gasteiger partial charge >= 0.3 is 20.7 Å². The minimum Gasteiger partial charge on any atom is -0.386 e. The Labute approximate surface area is 137 Å². The van der Waals surface area contributed by atoms with Crippen LogP contribution in [0.4, 0.5) is 0 Å². The van der Waals surface area contributed by atoms with Crippen LogP contribution in [0.5, 0.6) is 0 Å². The fourth-order valence-electron chi connectivity index (χ4n) is 2.79. The van der Waals surface area contributed by atoms with E-state index in [1.54, 1.807) is 38.5 Å². The van der Waals surface area contributed by atoms with Crippen molar-refractivity contribution in [2.75, 3.05) is 27.3 Å². The van der Waals surface area contributed by atoms with Crippen LogP contribution in [-0.2, 0) is 13.6 Å². The molecule has 3 rings (SSSR count). The molecule has 0 aliphatic carbocycles. The first-order chi connectivity index (χ1) is 11.1. The molecule has 124 valence electrons. The van der Waals surface area contributed by atoms with Crippen LogP contribution in [0.3, 0.4) is 0 Å². The maximum absolute atomic E-state index is 10.8. The van der Waals surface area contributed by atoms with E-state index in [4.69, 9.17) is 8.85 Å². The molecule has 1 fully saturated rings. The van der Waals surface area contributed by atoms with Gasteiger partial charge in [0.1, 0.15) is 0 Å². The first kappa shape index (κ1) is 17.5. The summed E-state index contributed by atoms with van der Waals surface area (Å²) in [5.74, 6) is -1.10. The third kappa shape index (κ3) is 3.58. The van der Waals surface area contributed by atoms with Gasteiger partial charge in [0, 0.05) is 26.8 Å². The number of esters is 2. The van der Waals surface area contributed by atoms with Crippen molar-refractivity contribution in [3.63, 3.8) is 0 Å². The number of rotatable bonds is 4. The molecule has 0 spiro atoms. The Kier molecular flexibility index (Phi) is 5.84. The Morgan fingerprint density at radius 3 is 2.26 bits per heavy atom. The molecule has 1 aromatic carbocycles. The highest BCUT2D eigenvalue weighted by molar-refractivity contribution is 6.65. The third-order valence-electron chi connectivity index (χ3n) is 3.94. The summed E-state index contributed by atoms with van der Waals surface area (Å²) in [4.78, 5) is 21.7. The molecule has 0 atom stereocenters. The molecule has 0 unspecified atom stereocenters. The van der Waals surface area contributed by atoms with Crippen LogP contribution >= 0.6 is 0 Å². The second kappa shape index (κ2) is 7.65. The summed E-state index contributed by atoms with van der Waals surface area (Å²) in [6.07, 6.45) is 3.09. The first-order valence-electron chi connectivity index (χ1n) is 7.39. The Morgan fingerprint density at radius 2 is 1.78 bits per heavy atom. The Balaban J connectivity index is 0.000000167. The summed E-state index contributed by atoms with van der Waals surface area (Å²) >= 11 is 0. The standard InChI is InChI=1S/C8H17NO2Si.C8H4O3/c1-4-6-9-7-5-8-12(9,10-2)11-3;9-7-5-3-1-2-4-6(5)8(10)11-7/h4H,1,5-8H2,2-3H3;1-4H. The van der Waals surface area contributed by atoms with Crippen LogP contribution < -0.4 is 0 Å². The summed E-state index contributed by atoms with van der Waals surface area (Å²) < 4.78 is 17.7. The number of nitrogens with zero attached hydrogens (tertiary/aromatic N) is 1. The minimum atomic E-state index is -1.97. The maximum atomic E-state index is 10.8. The Morgan fingerprint density at radius 1 is 1.22 bits per heavy atom. The van der Waals surface area contributed by atoms with Crippen molar-refractivity contribution in [2.45, 2.75) is 12.5 Å². The van der Waals surface area contributed by atoms with Crippen molar-refractivity contribution in [1.29, 1.82) is 0 Å². The van der Waals surface area contributed by atoms with Crippen molar-refractivity contribution in [1.82, 2.24) is 4.57 Å². The molecule has 7 heteroatoms. The quantitative estimate of drug-likeness (QED) is 0.363. The summed E-state index contributed by atoms with van der Waals surface area (Å²) in [6.45, 7) is 5.69. The van der Waals surface area contributed by atoms with Crippen LogP contribution in [0.1, 0.15) is 27.1 Å². The van der Waals surface area contributed by atoms with Gasteiger partial charge in [-0.1, -0.05) is 18.2 Å². The fourth-order valence-corrected chi connectivity index (χ4v) is 5.71. The lowest BCUT2D eigenvalue weighted by Crippen LogP contribution is -2.53. The van der Waals surface area contributed by atoms with Crippen LogP contribution in [-0.4, -0.2) is 52.5 Å². The third-order valence-corrected chi connectivity index (χ3v) is 7.57. The molecule has 2 aliphatic rings. The molecule has 2 heterocycles. The van der Waals surface area contributed by atoms with Gasteiger partial charge in [-0.05, 0) is 25.1 Å². The summed E-state index contributed by atoms with van der Waals surface area (Å²) in [6, 6.07) is 7.61. The zero-order valence-corrected chi connectivity index (χ0v) is 14.4. The highest BCUT2D eigenvalue weighted by Crippen LogP contribution is 2.26. The predicted octanol–water partition coefficient (Wildman–Crippen LogP) is 2.11. The second-order valence-corrected chi connectivity index (χ2v) is 8.56. The zero-order chi connectivity index (χ0) is 16.9. The average molecular weight is 335 g/mol. The Hall–Kier alpha value is -1.80. The molecule has 0 amide bonds. The lowest BCUT2D eigenvalue weighted by molar-refractivity contribution is 0.0443. The van der Waals surface area contributed by atoms with Gasteiger partial charge in [0.2, 0.25) is 0 Å². The zero-order valence-electron chi connectivity index (χ0n) is 13.4. The summed E-state index contributed by atoms with van der Waals surface area (Å²) in [5, 5.41) is 0. The second-order valence-electron chi connectivity index (χ2n) is 5.18. The molecule has 1 aromatic rings. The highest BCUT2D eigenvalue weighted by atomic mass is 28.4. The first-order valence-corrected chi connectivity index (χ1v) is 9.37. The molecule has 0 saturated carbocycles. The monoisotopic (exact) mass is 335 g/mol. The van der Waals surface area contributed by atoms with E-state index in [1.807, 2.05) is 6.08 Å². The van der Waals surface area contributed by atoms with Crippen molar-refractivity contribution >= 4 is 20.7 Å². The molecule has 6 nitrogen and oxygen atoms in total. The number of hydrogen-bond acceptors (Lipinski definition) is 6. The number of fused-ring (bicyclic) bond motifs is 1.